The molecule has 0 saturated heterocycles. The largest absolute Gasteiger partial charge is 0.507 e. The Balaban J connectivity index is 1.14. The van der Waals surface area contributed by atoms with Crippen LogP contribution in [-0.2, 0) is 10.8 Å². The molecule has 1 N–H and O–H groups in total. The van der Waals surface area contributed by atoms with Gasteiger partial charge in [0.15, 0.2) is 0 Å². The Bertz CT molecular complexity index is 3050. The first-order valence-corrected chi connectivity index (χ1v) is 20.7. The zero-order valence-electron chi connectivity index (χ0n) is 35.7. The summed E-state index contributed by atoms with van der Waals surface area (Å²) >= 11 is 0. The van der Waals surface area contributed by atoms with Crippen molar-refractivity contribution in [1.29, 1.82) is 0 Å². The third-order valence-electron chi connectivity index (χ3n) is 11.5. The molecule has 5 aromatic carbocycles. The zero-order valence-corrected chi connectivity index (χ0v) is 35.7. The Kier molecular flexibility index (Phi) is 9.51. The van der Waals surface area contributed by atoms with Gasteiger partial charge in [0.05, 0.1) is 28.1 Å². The van der Waals surface area contributed by atoms with Crippen LogP contribution in [0.1, 0.15) is 64.1 Å². The molecule has 4 aromatic heterocycles. The van der Waals surface area contributed by atoms with Crippen molar-refractivity contribution >= 4 is 21.8 Å². The van der Waals surface area contributed by atoms with Gasteiger partial charge < -0.3 is 9.67 Å². The van der Waals surface area contributed by atoms with Crippen LogP contribution in [0.2, 0.25) is 0 Å². The third-order valence-corrected chi connectivity index (χ3v) is 11.5. The van der Waals surface area contributed by atoms with E-state index < -0.39 is 0 Å². The minimum absolute atomic E-state index is 0.0363. The molecule has 5 heteroatoms. The molecule has 0 radical (unpaired) electrons. The first-order chi connectivity index (χ1) is 28.7. The molecule has 0 spiro atoms. The average Bonchev–Trinajstić information content (AvgIpc) is 3.56. The highest BCUT2D eigenvalue weighted by molar-refractivity contribution is 6.10. The maximum Gasteiger partial charge on any atom is 0.124 e. The number of phenols is 1. The molecule has 0 fully saturated rings. The van der Waals surface area contributed by atoms with Crippen LogP contribution >= 0.6 is 0 Å². The van der Waals surface area contributed by atoms with Crippen LogP contribution in [-0.4, -0.2) is 24.6 Å². The number of rotatable bonds is 6. The van der Waals surface area contributed by atoms with Crippen LogP contribution in [0.3, 0.4) is 0 Å². The van der Waals surface area contributed by atoms with Crippen molar-refractivity contribution in [3.05, 3.63) is 174 Å². The quantitative estimate of drug-likeness (QED) is 0.182. The molecule has 0 bridgehead atoms. The van der Waals surface area contributed by atoms with E-state index in [1.807, 2.05) is 24.4 Å². The number of fused-ring (bicyclic) bond motifs is 3. The summed E-state index contributed by atoms with van der Waals surface area (Å²) in [4.78, 5) is 14.7. The summed E-state index contributed by atoms with van der Waals surface area (Å²) in [5.41, 5.74) is 17.4. The number of aryl methyl sites for hydroxylation is 2. The number of benzene rings is 5. The van der Waals surface area contributed by atoms with E-state index in [0.717, 1.165) is 73.1 Å². The van der Waals surface area contributed by atoms with Gasteiger partial charge in [-0.05, 0) is 131 Å². The number of pyridine rings is 3. The minimum Gasteiger partial charge on any atom is -0.507 e. The van der Waals surface area contributed by atoms with E-state index in [2.05, 4.69) is 186 Å². The zero-order chi connectivity index (χ0) is 41.9. The molecule has 9 rings (SSSR count). The molecule has 296 valence electrons. The van der Waals surface area contributed by atoms with E-state index >= 15 is 0 Å². The SMILES string of the molecule is Cc1cc(-n2c3ccccc3c3cc(-c4ccnc(-c5cccc(-c6cc(-c7cc(C(C)(C)C)cc(C(C)(C)C)c7)cc(-c7ccccc7O)n6)c5)c4)ccc32)cc(C)n1. The van der Waals surface area contributed by atoms with Gasteiger partial charge in [0, 0.05) is 50.7 Å². The Morgan fingerprint density at radius 2 is 1.05 bits per heavy atom. The predicted molar refractivity (Wildman–Crippen MR) is 250 cm³/mol. The molecule has 9 aromatic rings. The van der Waals surface area contributed by atoms with Gasteiger partial charge in [-0.15, -0.1) is 0 Å². The Hall–Kier alpha value is -6.85. The fourth-order valence-corrected chi connectivity index (χ4v) is 8.31. The highest BCUT2D eigenvalue weighted by Crippen LogP contribution is 2.40. The molecular formula is C55H50N4O. The molecule has 0 unspecified atom stereocenters. The highest BCUT2D eigenvalue weighted by Gasteiger charge is 2.22. The standard InChI is InChI=1S/C55H50N4O/c1-34-24-44(25-35(2)57-34)59-51-18-11-9-16-45(51)47-29-36(20-21-52(47)59)37-22-23-56-48(30-37)38-14-13-15-39(26-38)49-31-41(32-50(58-49)46-17-10-12-19-53(46)60)40-27-42(54(3,4)5)33-43(28-40)55(6,7)8/h9-33,60H,1-8H3. The molecule has 60 heavy (non-hydrogen) atoms. The monoisotopic (exact) mass is 782 g/mol. The van der Waals surface area contributed by atoms with Gasteiger partial charge in [0.2, 0.25) is 0 Å². The molecular weight excluding hydrogens is 733 g/mol. The summed E-state index contributed by atoms with van der Waals surface area (Å²) in [6.45, 7) is 17.7. The Morgan fingerprint density at radius 3 is 1.77 bits per heavy atom. The van der Waals surface area contributed by atoms with Crippen molar-refractivity contribution in [3.8, 4) is 67.5 Å². The number of phenolic OH excluding ortho intramolecular Hbond substituents is 1. The van der Waals surface area contributed by atoms with Crippen LogP contribution in [0, 0.1) is 13.8 Å². The molecule has 5 nitrogen and oxygen atoms in total. The van der Waals surface area contributed by atoms with Crippen LogP contribution in [0.15, 0.2) is 152 Å². The first-order valence-electron chi connectivity index (χ1n) is 20.7. The van der Waals surface area contributed by atoms with Gasteiger partial charge in [-0.1, -0.05) is 114 Å². The van der Waals surface area contributed by atoms with Crippen LogP contribution < -0.4 is 0 Å². The van der Waals surface area contributed by atoms with E-state index in [0.29, 0.717) is 5.56 Å². The van der Waals surface area contributed by atoms with Crippen molar-refractivity contribution in [2.24, 2.45) is 0 Å². The Labute approximate surface area is 353 Å². The third kappa shape index (κ3) is 7.37. The highest BCUT2D eigenvalue weighted by atomic mass is 16.3. The maximum atomic E-state index is 11.0. The van der Waals surface area contributed by atoms with E-state index in [9.17, 15) is 5.11 Å². The van der Waals surface area contributed by atoms with Gasteiger partial charge >= 0.3 is 0 Å². The summed E-state index contributed by atoms with van der Waals surface area (Å²) in [7, 11) is 0. The topological polar surface area (TPSA) is 63.8 Å². The maximum absolute atomic E-state index is 11.0. The molecule has 0 aliphatic rings. The number of hydrogen-bond acceptors (Lipinski definition) is 4. The van der Waals surface area contributed by atoms with Crippen LogP contribution in [0.25, 0.3) is 83.5 Å². The minimum atomic E-state index is -0.0363. The van der Waals surface area contributed by atoms with Crippen molar-refractivity contribution in [2.45, 2.75) is 66.2 Å². The van der Waals surface area contributed by atoms with Gasteiger partial charge in [-0.3, -0.25) is 9.97 Å². The van der Waals surface area contributed by atoms with Crippen LogP contribution in [0.4, 0.5) is 0 Å². The smallest absolute Gasteiger partial charge is 0.124 e. The molecule has 0 aliphatic heterocycles. The lowest BCUT2D eigenvalue weighted by molar-refractivity contribution is 0.477. The second kappa shape index (κ2) is 14.8. The number of aromatic nitrogens is 4. The fourth-order valence-electron chi connectivity index (χ4n) is 8.31. The van der Waals surface area contributed by atoms with Crippen molar-refractivity contribution in [2.75, 3.05) is 0 Å². The lowest BCUT2D eigenvalue weighted by Gasteiger charge is -2.26. The van der Waals surface area contributed by atoms with E-state index in [1.165, 1.54) is 27.4 Å². The summed E-state index contributed by atoms with van der Waals surface area (Å²) in [5, 5.41) is 13.4. The van der Waals surface area contributed by atoms with Gasteiger partial charge in [0.1, 0.15) is 5.75 Å². The molecule has 0 atom stereocenters. The molecule has 4 heterocycles. The van der Waals surface area contributed by atoms with Gasteiger partial charge in [-0.2, -0.15) is 0 Å². The summed E-state index contributed by atoms with van der Waals surface area (Å²) in [6.07, 6.45) is 1.90. The number of hydrogen-bond donors (Lipinski definition) is 1. The molecule has 0 amide bonds. The molecule has 0 saturated carbocycles. The number of aromatic hydroxyl groups is 1. The summed E-state index contributed by atoms with van der Waals surface area (Å²) in [6, 6.07) is 51.1. The summed E-state index contributed by atoms with van der Waals surface area (Å²) < 4.78 is 2.35. The van der Waals surface area contributed by atoms with E-state index in [1.54, 1.807) is 6.07 Å². The van der Waals surface area contributed by atoms with E-state index in [4.69, 9.17) is 9.97 Å². The second-order valence-electron chi connectivity index (χ2n) is 18.1. The average molecular weight is 783 g/mol. The summed E-state index contributed by atoms with van der Waals surface area (Å²) in [5.74, 6) is 0.201. The van der Waals surface area contributed by atoms with Crippen LogP contribution in [0.5, 0.6) is 5.75 Å². The first kappa shape index (κ1) is 38.7. The fraction of sp³-hybridized carbons (Fsp3) is 0.182. The number of nitrogens with zero attached hydrogens (tertiary/aromatic N) is 4. The predicted octanol–water partition coefficient (Wildman–Crippen LogP) is 14.2. The Morgan fingerprint density at radius 1 is 0.450 bits per heavy atom. The molecule has 0 aliphatic carbocycles. The van der Waals surface area contributed by atoms with Crippen molar-refractivity contribution in [1.82, 2.24) is 19.5 Å². The second-order valence-corrected chi connectivity index (χ2v) is 18.1. The van der Waals surface area contributed by atoms with Crippen molar-refractivity contribution in [3.63, 3.8) is 0 Å². The normalized spacial score (nSPS) is 12.1. The number of para-hydroxylation sites is 2. The van der Waals surface area contributed by atoms with Crippen molar-refractivity contribution < 1.29 is 5.11 Å². The lowest BCUT2D eigenvalue weighted by Crippen LogP contribution is -2.16. The van der Waals surface area contributed by atoms with E-state index in [-0.39, 0.29) is 16.6 Å². The van der Waals surface area contributed by atoms with Gasteiger partial charge in [0.25, 0.3) is 0 Å². The van der Waals surface area contributed by atoms with Gasteiger partial charge in [-0.25, -0.2) is 4.98 Å². The lowest BCUT2D eigenvalue weighted by atomic mass is 9.79.